The van der Waals surface area contributed by atoms with E-state index in [0.717, 1.165) is 29.6 Å². The maximum Gasteiger partial charge on any atom is 0.142 e. The third-order valence-corrected chi connectivity index (χ3v) is 2.84. The van der Waals surface area contributed by atoms with Crippen molar-refractivity contribution in [2.75, 3.05) is 25.1 Å². The zero-order chi connectivity index (χ0) is 14.1. The summed E-state index contributed by atoms with van der Waals surface area (Å²) in [7, 11) is 0. The third kappa shape index (κ3) is 5.86. The van der Waals surface area contributed by atoms with Crippen molar-refractivity contribution in [2.45, 2.75) is 40.5 Å². The molecule has 1 rings (SSSR count). The Morgan fingerprint density at radius 1 is 1.11 bits per heavy atom. The molecule has 0 heterocycles. The highest BCUT2D eigenvalue weighted by molar-refractivity contribution is 5.59. The summed E-state index contributed by atoms with van der Waals surface area (Å²) < 4.78 is 11.2. The molecule has 108 valence electrons. The van der Waals surface area contributed by atoms with Crippen LogP contribution in [0.2, 0.25) is 0 Å². The molecule has 0 bridgehead atoms. The van der Waals surface area contributed by atoms with E-state index in [-0.39, 0.29) is 0 Å². The van der Waals surface area contributed by atoms with E-state index in [4.69, 9.17) is 9.47 Å². The van der Waals surface area contributed by atoms with Gasteiger partial charge in [0.1, 0.15) is 11.5 Å². The van der Waals surface area contributed by atoms with Gasteiger partial charge in [-0.2, -0.15) is 0 Å². The smallest absolute Gasteiger partial charge is 0.142 e. The second kappa shape index (κ2) is 8.68. The van der Waals surface area contributed by atoms with Crippen molar-refractivity contribution >= 4 is 5.69 Å². The maximum absolute atomic E-state index is 5.63. The van der Waals surface area contributed by atoms with Gasteiger partial charge in [0, 0.05) is 12.6 Å². The average Bonchev–Trinajstić information content (AvgIpc) is 2.37. The summed E-state index contributed by atoms with van der Waals surface area (Å²) in [5, 5.41) is 3.45. The first-order chi connectivity index (χ1) is 9.17. The Labute approximate surface area is 117 Å². The quantitative estimate of drug-likeness (QED) is 0.674. The summed E-state index contributed by atoms with van der Waals surface area (Å²) >= 11 is 0. The largest absolute Gasteiger partial charge is 0.494 e. The van der Waals surface area contributed by atoms with Crippen molar-refractivity contribution in [2.24, 2.45) is 5.92 Å². The van der Waals surface area contributed by atoms with Crippen LogP contribution in [-0.4, -0.2) is 19.8 Å². The van der Waals surface area contributed by atoms with Crippen LogP contribution in [0.1, 0.15) is 40.5 Å². The fraction of sp³-hybridized carbons (Fsp3) is 0.625. The lowest BCUT2D eigenvalue weighted by Crippen LogP contribution is -2.06. The van der Waals surface area contributed by atoms with Crippen molar-refractivity contribution in [1.82, 2.24) is 0 Å². The van der Waals surface area contributed by atoms with Gasteiger partial charge in [-0.25, -0.2) is 0 Å². The fourth-order valence-corrected chi connectivity index (χ4v) is 1.92. The predicted molar refractivity (Wildman–Crippen MR) is 81.3 cm³/mol. The van der Waals surface area contributed by atoms with Crippen LogP contribution >= 0.6 is 0 Å². The summed E-state index contributed by atoms with van der Waals surface area (Å²) in [5.74, 6) is 2.54. The molecular weight excluding hydrogens is 238 g/mol. The third-order valence-electron chi connectivity index (χ3n) is 2.84. The SMILES string of the molecule is CCOc1ccc(OCC)c(NCCCC(C)C)c1. The van der Waals surface area contributed by atoms with E-state index >= 15 is 0 Å². The van der Waals surface area contributed by atoms with Gasteiger partial charge in [0.25, 0.3) is 0 Å². The number of nitrogens with one attached hydrogen (secondary N) is 1. The Bertz CT molecular complexity index is 364. The summed E-state index contributed by atoms with van der Waals surface area (Å²) in [6, 6.07) is 5.94. The zero-order valence-corrected chi connectivity index (χ0v) is 12.7. The first-order valence-corrected chi connectivity index (χ1v) is 7.30. The van der Waals surface area contributed by atoms with Crippen LogP contribution in [0.3, 0.4) is 0 Å². The lowest BCUT2D eigenvalue weighted by atomic mass is 10.1. The molecule has 0 atom stereocenters. The van der Waals surface area contributed by atoms with Gasteiger partial charge in [-0.15, -0.1) is 0 Å². The molecule has 1 aromatic carbocycles. The molecule has 0 unspecified atom stereocenters. The van der Waals surface area contributed by atoms with Gasteiger partial charge in [0.15, 0.2) is 0 Å². The number of ether oxygens (including phenoxy) is 2. The highest BCUT2D eigenvalue weighted by Gasteiger charge is 2.05. The van der Waals surface area contributed by atoms with Crippen molar-refractivity contribution in [1.29, 1.82) is 0 Å². The second-order valence-electron chi connectivity index (χ2n) is 4.99. The van der Waals surface area contributed by atoms with Crippen LogP contribution < -0.4 is 14.8 Å². The highest BCUT2D eigenvalue weighted by Crippen LogP contribution is 2.29. The van der Waals surface area contributed by atoms with Gasteiger partial charge in [-0.05, 0) is 44.7 Å². The average molecular weight is 265 g/mol. The summed E-state index contributed by atoms with van der Waals surface area (Å²) in [5.41, 5.74) is 1.02. The number of hydrogen-bond donors (Lipinski definition) is 1. The minimum atomic E-state index is 0.675. The van der Waals surface area contributed by atoms with E-state index in [0.29, 0.717) is 13.2 Å². The fourth-order valence-electron chi connectivity index (χ4n) is 1.92. The minimum Gasteiger partial charge on any atom is -0.494 e. The van der Waals surface area contributed by atoms with Gasteiger partial charge >= 0.3 is 0 Å². The monoisotopic (exact) mass is 265 g/mol. The Hall–Kier alpha value is -1.38. The van der Waals surface area contributed by atoms with Gasteiger partial charge < -0.3 is 14.8 Å². The molecule has 19 heavy (non-hydrogen) atoms. The van der Waals surface area contributed by atoms with E-state index in [2.05, 4.69) is 19.2 Å². The molecule has 0 spiro atoms. The standard InChI is InChI=1S/C16H27NO2/c1-5-18-14-9-10-16(19-6-2)15(12-14)17-11-7-8-13(3)4/h9-10,12-13,17H,5-8,11H2,1-4H3. The lowest BCUT2D eigenvalue weighted by Gasteiger charge is -2.14. The Morgan fingerprint density at radius 3 is 2.47 bits per heavy atom. The van der Waals surface area contributed by atoms with Crippen molar-refractivity contribution < 1.29 is 9.47 Å². The highest BCUT2D eigenvalue weighted by atomic mass is 16.5. The topological polar surface area (TPSA) is 30.5 Å². The molecule has 0 aliphatic rings. The molecule has 1 aromatic rings. The van der Waals surface area contributed by atoms with Crippen molar-refractivity contribution in [3.8, 4) is 11.5 Å². The van der Waals surface area contributed by atoms with E-state index in [1.165, 1.54) is 12.8 Å². The maximum atomic E-state index is 5.63. The van der Waals surface area contributed by atoms with Gasteiger partial charge in [0.05, 0.1) is 18.9 Å². The van der Waals surface area contributed by atoms with Crippen molar-refractivity contribution in [3.05, 3.63) is 18.2 Å². The predicted octanol–water partition coefficient (Wildman–Crippen LogP) is 4.33. The zero-order valence-electron chi connectivity index (χ0n) is 12.7. The Morgan fingerprint density at radius 2 is 1.84 bits per heavy atom. The van der Waals surface area contributed by atoms with Gasteiger partial charge in [-0.1, -0.05) is 13.8 Å². The molecule has 3 nitrogen and oxygen atoms in total. The molecule has 0 radical (unpaired) electrons. The molecule has 0 aliphatic heterocycles. The molecule has 0 fully saturated rings. The molecular formula is C16H27NO2. The van der Waals surface area contributed by atoms with Crippen molar-refractivity contribution in [3.63, 3.8) is 0 Å². The van der Waals surface area contributed by atoms with Crippen LogP contribution in [0.5, 0.6) is 11.5 Å². The molecule has 0 aromatic heterocycles. The Balaban J connectivity index is 2.62. The van der Waals surface area contributed by atoms with E-state index in [1.54, 1.807) is 0 Å². The molecule has 0 aliphatic carbocycles. The van der Waals surface area contributed by atoms with E-state index in [1.807, 2.05) is 32.0 Å². The lowest BCUT2D eigenvalue weighted by molar-refractivity contribution is 0.332. The van der Waals surface area contributed by atoms with E-state index < -0.39 is 0 Å². The summed E-state index contributed by atoms with van der Waals surface area (Å²) in [4.78, 5) is 0. The number of benzene rings is 1. The molecule has 0 saturated heterocycles. The van der Waals surface area contributed by atoms with Crippen LogP contribution in [0, 0.1) is 5.92 Å². The van der Waals surface area contributed by atoms with Crippen LogP contribution in [0.25, 0.3) is 0 Å². The van der Waals surface area contributed by atoms with Gasteiger partial charge in [-0.3, -0.25) is 0 Å². The summed E-state index contributed by atoms with van der Waals surface area (Å²) in [6.45, 7) is 10.8. The minimum absolute atomic E-state index is 0.675. The summed E-state index contributed by atoms with van der Waals surface area (Å²) in [6.07, 6.45) is 2.41. The number of hydrogen-bond acceptors (Lipinski definition) is 3. The first kappa shape index (κ1) is 15.7. The van der Waals surface area contributed by atoms with Gasteiger partial charge in [0.2, 0.25) is 0 Å². The first-order valence-electron chi connectivity index (χ1n) is 7.30. The molecule has 3 heteroatoms. The van der Waals surface area contributed by atoms with Crippen LogP contribution in [0.15, 0.2) is 18.2 Å². The molecule has 0 saturated carbocycles. The molecule has 1 N–H and O–H groups in total. The Kier molecular flexibility index (Phi) is 7.16. The van der Waals surface area contributed by atoms with Crippen LogP contribution in [-0.2, 0) is 0 Å². The number of anilines is 1. The second-order valence-corrected chi connectivity index (χ2v) is 4.99. The molecule has 0 amide bonds. The van der Waals surface area contributed by atoms with Crippen LogP contribution in [0.4, 0.5) is 5.69 Å². The van der Waals surface area contributed by atoms with E-state index in [9.17, 15) is 0 Å². The normalized spacial score (nSPS) is 10.6. The number of rotatable bonds is 9.